The van der Waals surface area contributed by atoms with E-state index in [2.05, 4.69) is 16.3 Å². The van der Waals surface area contributed by atoms with Gasteiger partial charge in [0.25, 0.3) is 0 Å². The summed E-state index contributed by atoms with van der Waals surface area (Å²) in [5, 5.41) is 6.53. The molecule has 1 aromatic rings. The van der Waals surface area contributed by atoms with Gasteiger partial charge < -0.3 is 5.32 Å². The third-order valence-electron chi connectivity index (χ3n) is 1.49. The smallest absolute Gasteiger partial charge is 0.242 e. The Morgan fingerprint density at radius 2 is 2.62 bits per heavy atom. The van der Waals surface area contributed by atoms with Gasteiger partial charge in [-0.1, -0.05) is 5.92 Å². The summed E-state index contributed by atoms with van der Waals surface area (Å²) in [5.41, 5.74) is 0. The SMILES string of the molecule is C#CC(C)NC(=O)Cn1cccn1. The lowest BCUT2D eigenvalue weighted by Gasteiger charge is -2.06. The van der Waals surface area contributed by atoms with Crippen LogP contribution in [0, 0.1) is 12.3 Å². The molecule has 68 valence electrons. The van der Waals surface area contributed by atoms with E-state index in [4.69, 9.17) is 6.42 Å². The van der Waals surface area contributed by atoms with Crippen LogP contribution in [-0.4, -0.2) is 21.7 Å². The van der Waals surface area contributed by atoms with Gasteiger partial charge in [0.05, 0.1) is 6.04 Å². The minimum atomic E-state index is -0.233. The molecule has 0 radical (unpaired) electrons. The Morgan fingerprint density at radius 1 is 1.85 bits per heavy atom. The molecule has 0 aliphatic carbocycles. The molecule has 0 aliphatic rings. The highest BCUT2D eigenvalue weighted by molar-refractivity contribution is 5.76. The first kappa shape index (κ1) is 9.33. The summed E-state index contributed by atoms with van der Waals surface area (Å²) >= 11 is 0. The lowest BCUT2D eigenvalue weighted by molar-refractivity contribution is -0.122. The topological polar surface area (TPSA) is 46.9 Å². The van der Waals surface area contributed by atoms with E-state index in [9.17, 15) is 4.79 Å². The Morgan fingerprint density at radius 3 is 3.15 bits per heavy atom. The lowest BCUT2D eigenvalue weighted by atomic mass is 10.3. The molecule has 1 amide bonds. The van der Waals surface area contributed by atoms with Gasteiger partial charge in [-0.3, -0.25) is 9.48 Å². The van der Waals surface area contributed by atoms with Crippen LogP contribution in [0.4, 0.5) is 0 Å². The van der Waals surface area contributed by atoms with Gasteiger partial charge >= 0.3 is 0 Å². The second-order valence-corrected chi connectivity index (χ2v) is 2.66. The Hall–Kier alpha value is -1.76. The van der Waals surface area contributed by atoms with E-state index < -0.39 is 0 Å². The number of carbonyl (C=O) groups excluding carboxylic acids is 1. The van der Waals surface area contributed by atoms with Crippen LogP contribution in [0.3, 0.4) is 0 Å². The highest BCUT2D eigenvalue weighted by Crippen LogP contribution is 1.85. The van der Waals surface area contributed by atoms with Gasteiger partial charge in [0.1, 0.15) is 6.54 Å². The van der Waals surface area contributed by atoms with Crippen molar-refractivity contribution < 1.29 is 4.79 Å². The van der Waals surface area contributed by atoms with Crippen LogP contribution in [0.15, 0.2) is 18.5 Å². The van der Waals surface area contributed by atoms with Crippen molar-refractivity contribution in [2.75, 3.05) is 0 Å². The molecule has 0 spiro atoms. The van der Waals surface area contributed by atoms with Crippen LogP contribution >= 0.6 is 0 Å². The molecule has 0 saturated heterocycles. The van der Waals surface area contributed by atoms with Crippen LogP contribution in [0.5, 0.6) is 0 Å². The van der Waals surface area contributed by atoms with Crippen molar-refractivity contribution in [2.45, 2.75) is 19.5 Å². The van der Waals surface area contributed by atoms with Crippen molar-refractivity contribution in [3.8, 4) is 12.3 Å². The molecule has 0 aromatic carbocycles. The standard InChI is InChI=1S/C9H11N3O/c1-3-8(2)11-9(13)7-12-6-4-5-10-12/h1,4-6,8H,7H2,2H3,(H,11,13). The fourth-order valence-corrected chi connectivity index (χ4v) is 0.870. The molecule has 1 atom stereocenters. The maximum Gasteiger partial charge on any atom is 0.242 e. The third kappa shape index (κ3) is 2.99. The van der Waals surface area contributed by atoms with Gasteiger partial charge in [-0.2, -0.15) is 5.10 Å². The first-order valence-electron chi connectivity index (χ1n) is 3.95. The van der Waals surface area contributed by atoms with E-state index in [1.807, 2.05) is 0 Å². The predicted molar refractivity (Wildman–Crippen MR) is 48.7 cm³/mol. The molecule has 13 heavy (non-hydrogen) atoms. The van der Waals surface area contributed by atoms with Crippen LogP contribution < -0.4 is 5.32 Å². The van der Waals surface area contributed by atoms with Crippen molar-refractivity contribution >= 4 is 5.91 Å². The molecule has 0 fully saturated rings. The highest BCUT2D eigenvalue weighted by Gasteiger charge is 2.04. The number of amides is 1. The van der Waals surface area contributed by atoms with Crippen LogP contribution in [0.25, 0.3) is 0 Å². The summed E-state index contributed by atoms with van der Waals surface area (Å²) < 4.78 is 1.54. The normalized spacial score (nSPS) is 11.7. The van der Waals surface area contributed by atoms with Gasteiger partial charge in [0.2, 0.25) is 5.91 Å². The van der Waals surface area contributed by atoms with Crippen molar-refractivity contribution in [2.24, 2.45) is 0 Å². The number of nitrogens with one attached hydrogen (secondary N) is 1. The molecule has 4 nitrogen and oxygen atoms in total. The molecule has 0 saturated carbocycles. The van der Waals surface area contributed by atoms with E-state index in [-0.39, 0.29) is 18.5 Å². The predicted octanol–water partition coefficient (Wildman–Crippen LogP) is 0.0210. The Labute approximate surface area is 76.9 Å². The van der Waals surface area contributed by atoms with Gasteiger partial charge in [0, 0.05) is 12.4 Å². The number of hydrogen-bond donors (Lipinski definition) is 1. The lowest BCUT2D eigenvalue weighted by Crippen LogP contribution is -2.34. The molecule has 1 unspecified atom stereocenters. The molecule has 0 aliphatic heterocycles. The maximum absolute atomic E-state index is 11.2. The van der Waals surface area contributed by atoms with Gasteiger partial charge in [-0.25, -0.2) is 0 Å². The monoisotopic (exact) mass is 177 g/mol. The highest BCUT2D eigenvalue weighted by atomic mass is 16.2. The summed E-state index contributed by atoms with van der Waals surface area (Å²) in [7, 11) is 0. The van der Waals surface area contributed by atoms with E-state index in [0.29, 0.717) is 0 Å². The molecule has 1 rings (SSSR count). The van der Waals surface area contributed by atoms with Crippen molar-refractivity contribution in [1.29, 1.82) is 0 Å². The average Bonchev–Trinajstić information content (AvgIpc) is 2.56. The summed E-state index contributed by atoms with van der Waals surface area (Å²) in [6.07, 6.45) is 8.45. The van der Waals surface area contributed by atoms with E-state index in [1.165, 1.54) is 0 Å². The van der Waals surface area contributed by atoms with E-state index in [0.717, 1.165) is 0 Å². The first-order chi connectivity index (χ1) is 6.22. The summed E-state index contributed by atoms with van der Waals surface area (Å²) in [5.74, 6) is 2.28. The molecular weight excluding hydrogens is 166 g/mol. The maximum atomic E-state index is 11.2. The molecule has 1 heterocycles. The fraction of sp³-hybridized carbons (Fsp3) is 0.333. The molecular formula is C9H11N3O. The Balaban J connectivity index is 2.39. The zero-order valence-corrected chi connectivity index (χ0v) is 7.40. The Kier molecular flexibility index (Phi) is 3.09. The largest absolute Gasteiger partial charge is 0.341 e. The second kappa shape index (κ2) is 4.31. The van der Waals surface area contributed by atoms with Gasteiger partial charge in [-0.15, -0.1) is 6.42 Å². The summed E-state index contributed by atoms with van der Waals surface area (Å²) in [4.78, 5) is 11.2. The van der Waals surface area contributed by atoms with Crippen molar-refractivity contribution in [3.05, 3.63) is 18.5 Å². The molecule has 4 heteroatoms. The van der Waals surface area contributed by atoms with E-state index in [1.54, 1.807) is 30.1 Å². The summed E-state index contributed by atoms with van der Waals surface area (Å²) in [6.45, 7) is 1.96. The van der Waals surface area contributed by atoms with Crippen molar-refractivity contribution in [1.82, 2.24) is 15.1 Å². The second-order valence-electron chi connectivity index (χ2n) is 2.66. The zero-order valence-electron chi connectivity index (χ0n) is 7.40. The van der Waals surface area contributed by atoms with Gasteiger partial charge in [-0.05, 0) is 13.0 Å². The number of hydrogen-bond acceptors (Lipinski definition) is 2. The molecule has 1 aromatic heterocycles. The summed E-state index contributed by atoms with van der Waals surface area (Å²) in [6, 6.07) is 1.53. The average molecular weight is 177 g/mol. The number of aromatic nitrogens is 2. The van der Waals surface area contributed by atoms with Crippen LogP contribution in [0.2, 0.25) is 0 Å². The van der Waals surface area contributed by atoms with Crippen molar-refractivity contribution in [3.63, 3.8) is 0 Å². The quantitative estimate of drug-likeness (QED) is 0.662. The first-order valence-corrected chi connectivity index (χ1v) is 3.95. The van der Waals surface area contributed by atoms with Crippen LogP contribution in [0.1, 0.15) is 6.92 Å². The molecule has 1 N–H and O–H groups in total. The third-order valence-corrected chi connectivity index (χ3v) is 1.49. The van der Waals surface area contributed by atoms with E-state index >= 15 is 0 Å². The number of terminal acetylenes is 1. The number of rotatable bonds is 3. The zero-order chi connectivity index (χ0) is 9.68. The Bertz CT molecular complexity index is 310. The number of carbonyl (C=O) groups is 1. The fourth-order valence-electron chi connectivity index (χ4n) is 0.870. The van der Waals surface area contributed by atoms with Crippen LogP contribution in [-0.2, 0) is 11.3 Å². The van der Waals surface area contributed by atoms with Gasteiger partial charge in [0.15, 0.2) is 0 Å². The number of nitrogens with zero attached hydrogens (tertiary/aromatic N) is 2. The minimum absolute atomic E-state index is 0.130. The minimum Gasteiger partial charge on any atom is -0.341 e. The molecule has 0 bridgehead atoms.